The highest BCUT2D eigenvalue weighted by Crippen LogP contribution is 2.27. The predicted octanol–water partition coefficient (Wildman–Crippen LogP) is 3.33. The molecule has 138 valence electrons. The third kappa shape index (κ3) is 4.29. The molecule has 6 nitrogen and oxygen atoms in total. The Hall–Kier alpha value is -2.42. The van der Waals surface area contributed by atoms with Crippen LogP contribution in [0.1, 0.15) is 11.3 Å². The number of carbonyl (C=O) groups excluding carboxylic acids is 1. The van der Waals surface area contributed by atoms with Gasteiger partial charge >= 0.3 is 5.97 Å². The highest BCUT2D eigenvalue weighted by atomic mass is 32.2. The summed E-state index contributed by atoms with van der Waals surface area (Å²) in [5.74, 6) is 0.317. The highest BCUT2D eigenvalue weighted by Gasteiger charge is 2.24. The first-order valence-corrected chi connectivity index (χ1v) is 9.64. The zero-order valence-electron chi connectivity index (χ0n) is 14.3. The van der Waals surface area contributed by atoms with E-state index in [1.54, 1.807) is 12.1 Å². The minimum Gasteiger partial charge on any atom is -0.450 e. The average Bonchev–Trinajstić information content (AvgIpc) is 3.30. The van der Waals surface area contributed by atoms with Crippen molar-refractivity contribution in [2.45, 2.75) is 5.09 Å². The number of thiocarbonyl (C=S) groups is 1. The third-order valence-corrected chi connectivity index (χ3v) is 5.34. The number of morpholine rings is 1. The summed E-state index contributed by atoms with van der Waals surface area (Å²) in [5, 5.41) is 0.664. The summed E-state index contributed by atoms with van der Waals surface area (Å²) in [6.07, 6.45) is 1.57. The minimum absolute atomic E-state index is 0.204. The third-order valence-electron chi connectivity index (χ3n) is 3.98. The lowest BCUT2D eigenvalue weighted by atomic mass is 10.2. The van der Waals surface area contributed by atoms with Gasteiger partial charge in [-0.25, -0.2) is 9.79 Å². The zero-order valence-corrected chi connectivity index (χ0v) is 15.9. The fraction of sp³-hybridized carbons (Fsp3) is 0.211. The fourth-order valence-electron chi connectivity index (χ4n) is 2.61. The summed E-state index contributed by atoms with van der Waals surface area (Å²) >= 11 is 6.84. The lowest BCUT2D eigenvalue weighted by Gasteiger charge is -2.28. The number of furan rings is 1. The van der Waals surface area contributed by atoms with Crippen LogP contribution >= 0.6 is 24.0 Å². The number of benzene rings is 1. The minimum atomic E-state index is -0.497. The number of aliphatic imine (C=N–C) groups is 1. The standard InChI is InChI=1S/C19H16N2O4S2/c22-18-15(20-17(25-18)13-4-2-1-3-5-13)12-14-6-7-16(24-14)27-19(26)21-8-10-23-11-9-21/h1-7,12H,8-11H2/b15-12-. The van der Waals surface area contributed by atoms with Crippen LogP contribution in [0.15, 0.2) is 62.7 Å². The lowest BCUT2D eigenvalue weighted by molar-refractivity contribution is -0.129. The second kappa shape index (κ2) is 8.08. The van der Waals surface area contributed by atoms with E-state index in [0.717, 1.165) is 23.0 Å². The molecule has 0 amide bonds. The van der Waals surface area contributed by atoms with Crippen molar-refractivity contribution in [3.63, 3.8) is 0 Å². The van der Waals surface area contributed by atoms with Gasteiger partial charge in [-0.3, -0.25) is 0 Å². The number of cyclic esters (lactones) is 1. The monoisotopic (exact) mass is 400 g/mol. The molecule has 8 heteroatoms. The summed E-state index contributed by atoms with van der Waals surface area (Å²) in [7, 11) is 0. The van der Waals surface area contributed by atoms with Gasteiger partial charge in [0.15, 0.2) is 10.8 Å². The van der Waals surface area contributed by atoms with Gasteiger partial charge in [-0.1, -0.05) is 30.4 Å². The van der Waals surface area contributed by atoms with Gasteiger partial charge < -0.3 is 18.8 Å². The second-order valence-electron chi connectivity index (χ2n) is 5.83. The van der Waals surface area contributed by atoms with Crippen molar-refractivity contribution >= 4 is 46.2 Å². The molecule has 2 aliphatic rings. The largest absolute Gasteiger partial charge is 0.450 e. The predicted molar refractivity (Wildman–Crippen MR) is 107 cm³/mol. The molecule has 0 bridgehead atoms. The molecular formula is C19H16N2O4S2. The van der Waals surface area contributed by atoms with Crippen LogP contribution in [0.4, 0.5) is 0 Å². The molecule has 0 spiro atoms. The molecule has 0 aliphatic carbocycles. The Morgan fingerprint density at radius 3 is 2.70 bits per heavy atom. The Bertz CT molecular complexity index is 915. The molecule has 0 saturated carbocycles. The van der Waals surface area contributed by atoms with Crippen LogP contribution in [-0.2, 0) is 14.3 Å². The maximum Gasteiger partial charge on any atom is 0.363 e. The Labute approximate surface area is 165 Å². The number of ether oxygens (including phenoxy) is 2. The van der Waals surface area contributed by atoms with E-state index in [2.05, 4.69) is 9.89 Å². The van der Waals surface area contributed by atoms with E-state index in [0.29, 0.717) is 30.0 Å². The quantitative estimate of drug-likeness (QED) is 0.339. The van der Waals surface area contributed by atoms with Crippen LogP contribution < -0.4 is 0 Å². The van der Waals surface area contributed by atoms with E-state index in [4.69, 9.17) is 26.1 Å². The summed E-state index contributed by atoms with van der Waals surface area (Å²) in [6.45, 7) is 2.93. The first-order chi connectivity index (χ1) is 13.2. The second-order valence-corrected chi connectivity index (χ2v) is 7.46. The van der Waals surface area contributed by atoms with E-state index in [9.17, 15) is 4.79 Å². The summed E-state index contributed by atoms with van der Waals surface area (Å²) in [5.41, 5.74) is 0.955. The first-order valence-electron chi connectivity index (χ1n) is 8.41. The number of hydrogen-bond donors (Lipinski definition) is 0. The van der Waals surface area contributed by atoms with Gasteiger partial charge in [0, 0.05) is 24.7 Å². The number of rotatable bonds is 3. The van der Waals surface area contributed by atoms with Crippen molar-refractivity contribution in [3.8, 4) is 0 Å². The van der Waals surface area contributed by atoms with Crippen LogP contribution in [0, 0.1) is 0 Å². The Kier molecular flexibility index (Phi) is 5.38. The van der Waals surface area contributed by atoms with Gasteiger partial charge in [-0.2, -0.15) is 0 Å². The first kappa shape index (κ1) is 18.0. The van der Waals surface area contributed by atoms with Gasteiger partial charge in [-0.15, -0.1) is 0 Å². The van der Waals surface area contributed by atoms with Crippen LogP contribution in [0.3, 0.4) is 0 Å². The molecule has 1 aromatic heterocycles. The molecule has 27 heavy (non-hydrogen) atoms. The zero-order chi connectivity index (χ0) is 18.6. The molecule has 1 aromatic carbocycles. The summed E-state index contributed by atoms with van der Waals surface area (Å²) in [4.78, 5) is 18.4. The molecule has 2 aliphatic heterocycles. The van der Waals surface area contributed by atoms with Gasteiger partial charge in [0.25, 0.3) is 0 Å². The van der Waals surface area contributed by atoms with E-state index in [-0.39, 0.29) is 5.70 Å². The molecular weight excluding hydrogens is 384 g/mol. The molecule has 0 atom stereocenters. The molecule has 4 rings (SSSR count). The molecule has 2 aromatic rings. The van der Waals surface area contributed by atoms with Crippen molar-refractivity contribution < 1.29 is 18.7 Å². The van der Waals surface area contributed by atoms with Gasteiger partial charge in [0.2, 0.25) is 5.90 Å². The van der Waals surface area contributed by atoms with Crippen molar-refractivity contribution in [1.82, 2.24) is 4.90 Å². The number of hydrogen-bond acceptors (Lipinski definition) is 7. The van der Waals surface area contributed by atoms with E-state index < -0.39 is 5.97 Å². The van der Waals surface area contributed by atoms with E-state index >= 15 is 0 Å². The SMILES string of the molecule is O=C1OC(c2ccccc2)=N/C1=C\c1ccc(SC(=S)N2CCOCC2)o1. The van der Waals surface area contributed by atoms with E-state index in [1.165, 1.54) is 11.8 Å². The van der Waals surface area contributed by atoms with E-state index in [1.807, 2.05) is 36.4 Å². The maximum absolute atomic E-state index is 12.1. The summed E-state index contributed by atoms with van der Waals surface area (Å²) < 4.78 is 17.1. The van der Waals surface area contributed by atoms with Crippen molar-refractivity contribution in [2.75, 3.05) is 26.3 Å². The van der Waals surface area contributed by atoms with Gasteiger partial charge in [0.1, 0.15) is 10.1 Å². The molecule has 0 N–H and O–H groups in total. The topological polar surface area (TPSA) is 64.3 Å². The smallest absolute Gasteiger partial charge is 0.363 e. The van der Waals surface area contributed by atoms with Crippen LogP contribution in [0.2, 0.25) is 0 Å². The van der Waals surface area contributed by atoms with Crippen molar-refractivity contribution in [2.24, 2.45) is 4.99 Å². The van der Waals surface area contributed by atoms with Gasteiger partial charge in [0.05, 0.1) is 13.2 Å². The lowest BCUT2D eigenvalue weighted by Crippen LogP contribution is -2.38. The molecule has 0 unspecified atom stereocenters. The van der Waals surface area contributed by atoms with Gasteiger partial charge in [-0.05, 0) is 36.0 Å². The van der Waals surface area contributed by atoms with Crippen molar-refractivity contribution in [1.29, 1.82) is 0 Å². The highest BCUT2D eigenvalue weighted by molar-refractivity contribution is 8.22. The average molecular weight is 400 g/mol. The Balaban J connectivity index is 1.46. The number of thioether (sulfide) groups is 1. The number of carbonyl (C=O) groups is 1. The summed E-state index contributed by atoms with van der Waals surface area (Å²) in [6, 6.07) is 12.9. The van der Waals surface area contributed by atoms with Crippen molar-refractivity contribution in [3.05, 3.63) is 59.5 Å². The molecule has 0 radical (unpaired) electrons. The van der Waals surface area contributed by atoms with Crippen LogP contribution in [0.25, 0.3) is 6.08 Å². The Morgan fingerprint density at radius 1 is 1.15 bits per heavy atom. The number of nitrogens with zero attached hydrogens (tertiary/aromatic N) is 2. The number of esters is 1. The fourth-order valence-corrected chi connectivity index (χ4v) is 3.80. The maximum atomic E-state index is 12.1. The van der Waals surface area contributed by atoms with Crippen LogP contribution in [-0.4, -0.2) is 47.4 Å². The molecule has 3 heterocycles. The molecule has 1 fully saturated rings. The molecule has 1 saturated heterocycles. The normalized spacial score (nSPS) is 18.5. The van der Waals surface area contributed by atoms with Crippen LogP contribution in [0.5, 0.6) is 0 Å². The Morgan fingerprint density at radius 2 is 1.93 bits per heavy atom.